The largest absolute Gasteiger partial charge is 0.299 e. The predicted octanol–water partition coefficient (Wildman–Crippen LogP) is 2.79. The Morgan fingerprint density at radius 3 is 2.71 bits per heavy atom. The van der Waals surface area contributed by atoms with Crippen LogP contribution in [0.25, 0.3) is 0 Å². The maximum Gasteiger partial charge on any atom is 0.182 e. The van der Waals surface area contributed by atoms with Crippen molar-refractivity contribution in [1.82, 2.24) is 0 Å². The van der Waals surface area contributed by atoms with Crippen molar-refractivity contribution in [3.8, 4) is 0 Å². The number of carbonyl (C=O) groups is 2. The minimum Gasteiger partial charge on any atom is -0.299 e. The molecule has 0 N–H and O–H groups in total. The number of para-hydroxylation sites is 1. The fourth-order valence-electron chi connectivity index (χ4n) is 1.97. The first-order valence-corrected chi connectivity index (χ1v) is 6.55. The second kappa shape index (κ2) is 4.45. The minimum atomic E-state index is -0.709. The summed E-state index contributed by atoms with van der Waals surface area (Å²) < 4.78 is 0. The van der Waals surface area contributed by atoms with E-state index < -0.39 is 5.92 Å². The lowest BCUT2D eigenvalue weighted by Crippen LogP contribution is -2.31. The van der Waals surface area contributed by atoms with E-state index in [1.807, 2.05) is 25.3 Å². The molecule has 2 rings (SSSR count). The van der Waals surface area contributed by atoms with Crippen LogP contribution in [-0.2, 0) is 4.79 Å². The Kier molecular flexibility index (Phi) is 3.15. The number of hydrogen-bond acceptors (Lipinski definition) is 4. The maximum atomic E-state index is 12.3. The number of rotatable bonds is 1. The predicted molar refractivity (Wildman–Crippen MR) is 70.3 cm³/mol. The van der Waals surface area contributed by atoms with Gasteiger partial charge in [-0.3, -0.25) is 9.59 Å². The fraction of sp³-hybridized carbons (Fsp3) is 0.308. The van der Waals surface area contributed by atoms with Crippen molar-refractivity contribution in [2.24, 2.45) is 10.9 Å². The number of aryl methyl sites for hydroxylation is 1. The van der Waals surface area contributed by atoms with Gasteiger partial charge < -0.3 is 0 Å². The summed E-state index contributed by atoms with van der Waals surface area (Å²) in [5.74, 6) is -0.981. The lowest BCUT2D eigenvalue weighted by Gasteiger charge is -2.21. The van der Waals surface area contributed by atoms with Crippen molar-refractivity contribution in [2.45, 2.75) is 13.8 Å². The summed E-state index contributed by atoms with van der Waals surface area (Å²) in [6.07, 6.45) is 1.84. The lowest BCUT2D eigenvalue weighted by atomic mass is 9.90. The van der Waals surface area contributed by atoms with Crippen LogP contribution in [0.1, 0.15) is 22.8 Å². The van der Waals surface area contributed by atoms with E-state index in [1.165, 1.54) is 18.7 Å². The molecule has 1 heterocycles. The molecule has 1 atom stereocenters. The van der Waals surface area contributed by atoms with Gasteiger partial charge in [-0.15, -0.1) is 11.8 Å². The number of nitrogens with zero attached hydrogens (tertiary/aromatic N) is 1. The number of thioether (sulfide) groups is 1. The smallest absolute Gasteiger partial charge is 0.182 e. The number of carbonyl (C=O) groups excluding carboxylic acids is 2. The molecule has 0 saturated carbocycles. The van der Waals surface area contributed by atoms with Crippen molar-refractivity contribution in [3.05, 3.63) is 29.3 Å². The molecule has 1 aliphatic rings. The van der Waals surface area contributed by atoms with Crippen molar-refractivity contribution in [1.29, 1.82) is 0 Å². The van der Waals surface area contributed by atoms with Crippen LogP contribution in [0.5, 0.6) is 0 Å². The van der Waals surface area contributed by atoms with Crippen LogP contribution in [0.2, 0.25) is 0 Å². The Balaban J connectivity index is 2.65. The number of benzene rings is 1. The zero-order valence-corrected chi connectivity index (χ0v) is 10.8. The van der Waals surface area contributed by atoms with Gasteiger partial charge in [0, 0.05) is 5.56 Å². The third kappa shape index (κ3) is 1.93. The maximum absolute atomic E-state index is 12.3. The summed E-state index contributed by atoms with van der Waals surface area (Å²) in [6.45, 7) is 3.36. The average molecular weight is 247 g/mol. The van der Waals surface area contributed by atoms with Gasteiger partial charge in [0.25, 0.3) is 0 Å². The summed E-state index contributed by atoms with van der Waals surface area (Å²) in [5, 5.41) is 0.601. The zero-order chi connectivity index (χ0) is 12.6. The van der Waals surface area contributed by atoms with Gasteiger partial charge in [-0.05, 0) is 31.7 Å². The Bertz CT molecular complexity index is 534. The molecule has 88 valence electrons. The molecule has 0 aliphatic carbocycles. The molecule has 0 radical (unpaired) electrons. The minimum absolute atomic E-state index is 0.129. The van der Waals surface area contributed by atoms with Crippen molar-refractivity contribution in [2.75, 3.05) is 6.26 Å². The number of hydrogen-bond donors (Lipinski definition) is 0. The Labute approximate surface area is 104 Å². The summed E-state index contributed by atoms with van der Waals surface area (Å²) in [5.41, 5.74) is 2.23. The third-order valence-electron chi connectivity index (χ3n) is 2.85. The first-order valence-electron chi connectivity index (χ1n) is 5.33. The van der Waals surface area contributed by atoms with Gasteiger partial charge in [-0.2, -0.15) is 0 Å². The number of aliphatic imine (C=N–C) groups is 1. The molecule has 0 fully saturated rings. The van der Waals surface area contributed by atoms with E-state index in [9.17, 15) is 9.59 Å². The normalized spacial score (nSPS) is 18.6. The zero-order valence-electron chi connectivity index (χ0n) is 9.98. The first kappa shape index (κ1) is 12.0. The fourth-order valence-corrected chi connectivity index (χ4v) is 2.66. The van der Waals surface area contributed by atoms with Crippen molar-refractivity contribution >= 4 is 34.1 Å². The van der Waals surface area contributed by atoms with Crippen molar-refractivity contribution < 1.29 is 9.59 Å². The van der Waals surface area contributed by atoms with Crippen LogP contribution in [0, 0.1) is 12.8 Å². The van der Waals surface area contributed by atoms with Gasteiger partial charge >= 0.3 is 0 Å². The van der Waals surface area contributed by atoms with Crippen LogP contribution >= 0.6 is 11.8 Å². The topological polar surface area (TPSA) is 46.5 Å². The van der Waals surface area contributed by atoms with E-state index in [2.05, 4.69) is 4.99 Å². The molecule has 1 aromatic carbocycles. The van der Waals surface area contributed by atoms with E-state index in [1.54, 1.807) is 6.07 Å². The molecule has 0 bridgehead atoms. The molecule has 1 aromatic rings. The molecule has 0 spiro atoms. The van der Waals surface area contributed by atoms with E-state index in [0.717, 1.165) is 5.56 Å². The SMILES string of the molecule is CSC1=Nc2c(C)cccc2C(=O)C1C(C)=O. The van der Waals surface area contributed by atoms with Gasteiger partial charge in [0.15, 0.2) is 5.78 Å². The van der Waals surface area contributed by atoms with E-state index >= 15 is 0 Å². The third-order valence-corrected chi connectivity index (χ3v) is 3.60. The molecule has 17 heavy (non-hydrogen) atoms. The summed E-state index contributed by atoms with van der Waals surface area (Å²) in [4.78, 5) is 28.3. The Hall–Kier alpha value is -1.42. The Morgan fingerprint density at radius 2 is 2.12 bits per heavy atom. The standard InChI is InChI=1S/C13H13NO2S/c1-7-5-4-6-9-11(7)14-13(17-3)10(8(2)15)12(9)16/h4-6,10H,1-3H3. The second-order valence-electron chi connectivity index (χ2n) is 4.03. The van der Waals surface area contributed by atoms with Gasteiger partial charge in [0.2, 0.25) is 0 Å². The molecule has 4 heteroatoms. The average Bonchev–Trinajstić information content (AvgIpc) is 2.29. The Morgan fingerprint density at radius 1 is 1.41 bits per heavy atom. The highest BCUT2D eigenvalue weighted by Gasteiger charge is 2.34. The van der Waals surface area contributed by atoms with Crippen LogP contribution in [0.4, 0.5) is 5.69 Å². The summed E-state index contributed by atoms with van der Waals surface area (Å²) in [7, 11) is 0. The molecule has 0 saturated heterocycles. The van der Waals surface area contributed by atoms with Crippen LogP contribution in [0.3, 0.4) is 0 Å². The lowest BCUT2D eigenvalue weighted by molar-refractivity contribution is -0.117. The van der Waals surface area contributed by atoms with Gasteiger partial charge in [-0.1, -0.05) is 12.1 Å². The summed E-state index contributed by atoms with van der Waals surface area (Å²) >= 11 is 1.37. The number of ketones is 2. The van der Waals surface area contributed by atoms with Crippen LogP contribution in [-0.4, -0.2) is 22.9 Å². The molecule has 0 amide bonds. The number of Topliss-reactive ketones (excluding diaryl/α,β-unsaturated/α-hetero) is 2. The second-order valence-corrected chi connectivity index (χ2v) is 4.86. The van der Waals surface area contributed by atoms with Gasteiger partial charge in [0.1, 0.15) is 11.7 Å². The van der Waals surface area contributed by atoms with Crippen LogP contribution < -0.4 is 0 Å². The van der Waals surface area contributed by atoms with E-state index in [-0.39, 0.29) is 11.6 Å². The van der Waals surface area contributed by atoms with Gasteiger partial charge in [0.05, 0.1) is 10.7 Å². The molecule has 1 aliphatic heterocycles. The molecule has 0 aromatic heterocycles. The molecule has 1 unspecified atom stereocenters. The highest BCUT2D eigenvalue weighted by molar-refractivity contribution is 8.13. The monoisotopic (exact) mass is 247 g/mol. The summed E-state index contributed by atoms with van der Waals surface area (Å²) in [6, 6.07) is 5.48. The molecular weight excluding hydrogens is 234 g/mol. The quantitative estimate of drug-likeness (QED) is 0.717. The van der Waals surface area contributed by atoms with Crippen molar-refractivity contribution in [3.63, 3.8) is 0 Å². The van der Waals surface area contributed by atoms with Crippen LogP contribution in [0.15, 0.2) is 23.2 Å². The van der Waals surface area contributed by atoms with E-state index in [0.29, 0.717) is 16.3 Å². The highest BCUT2D eigenvalue weighted by atomic mass is 32.2. The van der Waals surface area contributed by atoms with Gasteiger partial charge in [-0.25, -0.2) is 4.99 Å². The molecular formula is C13H13NO2S. The van der Waals surface area contributed by atoms with E-state index in [4.69, 9.17) is 0 Å². The number of fused-ring (bicyclic) bond motifs is 1. The highest BCUT2D eigenvalue weighted by Crippen LogP contribution is 2.34. The first-order chi connectivity index (χ1) is 8.06. The molecule has 3 nitrogen and oxygen atoms in total.